The largest absolute Gasteiger partial charge is 0.466 e. The quantitative estimate of drug-likeness (QED) is 0.0575. The van der Waals surface area contributed by atoms with Gasteiger partial charge in [-0.15, -0.1) is 0 Å². The minimum absolute atomic E-state index is 0.0162. The molecule has 0 unspecified atom stereocenters. The number of allylic oxidation sites excluding steroid dienone is 4. The first-order valence-electron chi connectivity index (χ1n) is 16.3. The topological polar surface area (TPSA) is 26.3 Å². The predicted octanol–water partition coefficient (Wildman–Crippen LogP) is 11.8. The van der Waals surface area contributed by atoms with Gasteiger partial charge in [-0.2, -0.15) is 0 Å². The normalized spacial score (nSPS) is 11.7. The summed E-state index contributed by atoms with van der Waals surface area (Å²) < 4.78 is 5.42. The van der Waals surface area contributed by atoms with Crippen molar-refractivity contribution in [3.8, 4) is 0 Å². The van der Waals surface area contributed by atoms with E-state index in [2.05, 4.69) is 38.2 Å². The van der Waals surface area contributed by atoms with Crippen LogP contribution in [-0.2, 0) is 9.53 Å². The molecule has 0 N–H and O–H groups in total. The van der Waals surface area contributed by atoms with Crippen LogP contribution in [0.5, 0.6) is 0 Å². The van der Waals surface area contributed by atoms with Crippen molar-refractivity contribution in [2.45, 2.75) is 181 Å². The molecular formula is C34H64O2. The van der Waals surface area contributed by atoms with Crippen molar-refractivity contribution in [1.82, 2.24) is 0 Å². The van der Waals surface area contributed by atoms with Crippen LogP contribution < -0.4 is 0 Å². The molecule has 0 heterocycles. The highest BCUT2D eigenvalue weighted by molar-refractivity contribution is 5.69. The summed E-state index contributed by atoms with van der Waals surface area (Å²) in [5.74, 6) is 0.0162. The fourth-order valence-corrected chi connectivity index (χ4v) is 4.57. The summed E-state index contributed by atoms with van der Waals surface area (Å²) in [4.78, 5) is 11.9. The van der Waals surface area contributed by atoms with Gasteiger partial charge in [0.1, 0.15) is 0 Å². The minimum atomic E-state index is 0.0162. The van der Waals surface area contributed by atoms with E-state index in [0.717, 1.165) is 12.8 Å². The van der Waals surface area contributed by atoms with Crippen LogP contribution in [0, 0.1) is 0 Å². The van der Waals surface area contributed by atoms with Crippen molar-refractivity contribution in [3.63, 3.8) is 0 Å². The number of rotatable bonds is 29. The summed E-state index contributed by atoms with van der Waals surface area (Å²) in [6.07, 6.45) is 42.2. The summed E-state index contributed by atoms with van der Waals surface area (Å²) in [6.45, 7) is 5.13. The van der Waals surface area contributed by atoms with E-state index in [0.29, 0.717) is 13.0 Å². The van der Waals surface area contributed by atoms with Gasteiger partial charge in [-0.25, -0.2) is 0 Å². The molecule has 0 fully saturated rings. The smallest absolute Gasteiger partial charge is 0.305 e. The number of unbranched alkanes of at least 4 members (excludes halogenated alkanes) is 21. The second-order valence-corrected chi connectivity index (χ2v) is 10.8. The Bertz CT molecular complexity index is 438. The molecule has 0 saturated carbocycles. The summed E-state index contributed by atoms with van der Waals surface area (Å²) in [5.41, 5.74) is 0. The first-order chi connectivity index (χ1) is 17.8. The molecule has 0 aromatic carbocycles. The van der Waals surface area contributed by atoms with E-state index in [1.165, 1.54) is 148 Å². The second-order valence-electron chi connectivity index (χ2n) is 10.8. The highest BCUT2D eigenvalue weighted by Gasteiger charge is 2.02. The van der Waals surface area contributed by atoms with E-state index >= 15 is 0 Å². The summed E-state index contributed by atoms with van der Waals surface area (Å²) in [6, 6.07) is 0. The highest BCUT2D eigenvalue weighted by atomic mass is 16.5. The highest BCUT2D eigenvalue weighted by Crippen LogP contribution is 2.13. The maximum atomic E-state index is 11.9. The van der Waals surface area contributed by atoms with Gasteiger partial charge in [-0.3, -0.25) is 4.79 Å². The minimum Gasteiger partial charge on any atom is -0.466 e. The lowest BCUT2D eigenvalue weighted by Gasteiger charge is -2.05. The van der Waals surface area contributed by atoms with Crippen LogP contribution in [0.25, 0.3) is 0 Å². The van der Waals surface area contributed by atoms with Crippen LogP contribution in [0.4, 0.5) is 0 Å². The third-order valence-electron chi connectivity index (χ3n) is 7.06. The van der Waals surface area contributed by atoms with E-state index in [1.54, 1.807) is 0 Å². The van der Waals surface area contributed by atoms with Crippen LogP contribution in [0.3, 0.4) is 0 Å². The molecule has 0 bridgehead atoms. The summed E-state index contributed by atoms with van der Waals surface area (Å²) in [7, 11) is 0. The van der Waals surface area contributed by atoms with E-state index in [4.69, 9.17) is 4.74 Å². The molecule has 0 rings (SSSR count). The number of ether oxygens (including phenoxy) is 1. The molecule has 36 heavy (non-hydrogen) atoms. The van der Waals surface area contributed by atoms with Crippen LogP contribution in [0.15, 0.2) is 24.3 Å². The Labute approximate surface area is 227 Å². The lowest BCUT2D eigenvalue weighted by molar-refractivity contribution is -0.143. The van der Waals surface area contributed by atoms with Gasteiger partial charge in [0.15, 0.2) is 0 Å². The van der Waals surface area contributed by atoms with Crippen molar-refractivity contribution in [1.29, 1.82) is 0 Å². The number of esters is 1. The van der Waals surface area contributed by atoms with Gasteiger partial charge >= 0.3 is 5.97 Å². The molecule has 0 aliphatic carbocycles. The van der Waals surface area contributed by atoms with Crippen LogP contribution >= 0.6 is 0 Å². The average Bonchev–Trinajstić information content (AvgIpc) is 2.88. The number of carbonyl (C=O) groups excluding carboxylic acids is 1. The SMILES string of the molecule is CCCC/C=C\CCCCCCCCCCCC(=O)OCCCCCCCCCC/C=C/CCCC. The van der Waals surface area contributed by atoms with E-state index in [1.807, 2.05) is 0 Å². The van der Waals surface area contributed by atoms with Crippen LogP contribution in [-0.4, -0.2) is 12.6 Å². The Morgan fingerprint density at radius 2 is 0.778 bits per heavy atom. The third-order valence-corrected chi connectivity index (χ3v) is 7.06. The molecular weight excluding hydrogens is 440 g/mol. The first-order valence-corrected chi connectivity index (χ1v) is 16.3. The second kappa shape index (κ2) is 32.0. The Morgan fingerprint density at radius 1 is 0.444 bits per heavy atom. The Kier molecular flexibility index (Phi) is 31.0. The van der Waals surface area contributed by atoms with Crippen LogP contribution in [0.1, 0.15) is 181 Å². The number of hydrogen-bond donors (Lipinski definition) is 0. The molecule has 0 aliphatic rings. The van der Waals surface area contributed by atoms with Crippen molar-refractivity contribution in [2.75, 3.05) is 6.61 Å². The zero-order valence-corrected chi connectivity index (χ0v) is 24.7. The molecule has 0 radical (unpaired) electrons. The molecule has 0 aromatic heterocycles. The van der Waals surface area contributed by atoms with Gasteiger partial charge in [0.05, 0.1) is 6.61 Å². The molecule has 0 aromatic rings. The van der Waals surface area contributed by atoms with Crippen molar-refractivity contribution >= 4 is 5.97 Å². The van der Waals surface area contributed by atoms with Crippen molar-refractivity contribution < 1.29 is 9.53 Å². The standard InChI is InChI=1S/C34H64O2/c1-3-5-7-9-11-13-15-17-19-20-22-24-26-28-30-32-34(35)36-33-31-29-27-25-23-21-18-16-14-12-10-8-6-4-2/h9-12H,3-8,13-33H2,1-2H3/b11-9-,12-10+. The average molecular weight is 505 g/mol. The molecule has 0 saturated heterocycles. The monoisotopic (exact) mass is 504 g/mol. The third kappa shape index (κ3) is 31.0. The zero-order chi connectivity index (χ0) is 26.2. The lowest BCUT2D eigenvalue weighted by atomic mass is 10.1. The van der Waals surface area contributed by atoms with Gasteiger partial charge in [0.25, 0.3) is 0 Å². The molecule has 0 amide bonds. The first kappa shape index (κ1) is 35.0. The molecule has 2 nitrogen and oxygen atoms in total. The van der Waals surface area contributed by atoms with Crippen molar-refractivity contribution in [2.24, 2.45) is 0 Å². The number of hydrogen-bond acceptors (Lipinski definition) is 2. The molecule has 212 valence electrons. The van der Waals surface area contributed by atoms with Crippen molar-refractivity contribution in [3.05, 3.63) is 24.3 Å². The fourth-order valence-electron chi connectivity index (χ4n) is 4.57. The van der Waals surface area contributed by atoms with Gasteiger partial charge < -0.3 is 4.74 Å². The van der Waals surface area contributed by atoms with E-state index < -0.39 is 0 Å². The summed E-state index contributed by atoms with van der Waals surface area (Å²) >= 11 is 0. The van der Waals surface area contributed by atoms with E-state index in [9.17, 15) is 4.79 Å². The molecule has 0 aliphatic heterocycles. The molecule has 0 atom stereocenters. The zero-order valence-electron chi connectivity index (χ0n) is 24.7. The Morgan fingerprint density at radius 3 is 1.19 bits per heavy atom. The maximum Gasteiger partial charge on any atom is 0.305 e. The Hall–Kier alpha value is -1.05. The Balaban J connectivity index is 3.19. The van der Waals surface area contributed by atoms with Gasteiger partial charge in [0, 0.05) is 6.42 Å². The van der Waals surface area contributed by atoms with Crippen LogP contribution in [0.2, 0.25) is 0 Å². The summed E-state index contributed by atoms with van der Waals surface area (Å²) in [5, 5.41) is 0. The van der Waals surface area contributed by atoms with Gasteiger partial charge in [-0.1, -0.05) is 147 Å². The fraction of sp³-hybridized carbons (Fsp3) is 0.853. The van der Waals surface area contributed by atoms with Gasteiger partial charge in [-0.05, 0) is 51.4 Å². The predicted molar refractivity (Wildman–Crippen MR) is 161 cm³/mol. The molecule has 2 heteroatoms. The maximum absolute atomic E-state index is 11.9. The van der Waals surface area contributed by atoms with Gasteiger partial charge in [0.2, 0.25) is 0 Å². The lowest BCUT2D eigenvalue weighted by Crippen LogP contribution is -2.05. The molecule has 0 spiro atoms. The number of carbonyl (C=O) groups is 1. The van der Waals surface area contributed by atoms with E-state index in [-0.39, 0.29) is 5.97 Å².